The Bertz CT molecular complexity index is 673. The number of aromatic amines is 1. The number of hydrogen-bond donors (Lipinski definition) is 3. The molecule has 1 aliphatic rings. The van der Waals surface area contributed by atoms with Crippen molar-refractivity contribution in [2.24, 2.45) is 10.9 Å². The van der Waals surface area contributed by atoms with Crippen LogP contribution in [0.25, 0.3) is 10.9 Å². The Labute approximate surface area is 161 Å². The maximum Gasteiger partial charge on any atom is 0.191 e. The van der Waals surface area contributed by atoms with Gasteiger partial charge >= 0.3 is 0 Å². The lowest BCUT2D eigenvalue weighted by molar-refractivity contribution is 0.724. The largest absolute Gasteiger partial charge is 0.358 e. The third-order valence-electron chi connectivity index (χ3n) is 4.54. The fourth-order valence-electron chi connectivity index (χ4n) is 3.07. The standard InChI is InChI=1S/C19H28N4.HI/c1-3-20-19(21-12-10-15-8-9-15)22-13-11-16-14(2)23-18-7-5-4-6-17(16)18;/h4-7,15,23H,3,8-13H2,1-2H3,(H2,20,21,22);1H. The van der Waals surface area contributed by atoms with Gasteiger partial charge in [0.05, 0.1) is 0 Å². The summed E-state index contributed by atoms with van der Waals surface area (Å²) in [6.07, 6.45) is 5.04. The zero-order valence-electron chi connectivity index (χ0n) is 14.7. The summed E-state index contributed by atoms with van der Waals surface area (Å²) in [5, 5.41) is 8.15. The van der Waals surface area contributed by atoms with E-state index in [0.29, 0.717) is 0 Å². The summed E-state index contributed by atoms with van der Waals surface area (Å²) in [7, 11) is 0. The molecule has 1 fully saturated rings. The second-order valence-electron chi connectivity index (χ2n) is 6.44. The van der Waals surface area contributed by atoms with Crippen LogP contribution in [0.3, 0.4) is 0 Å². The van der Waals surface area contributed by atoms with Crippen molar-refractivity contribution >= 4 is 40.8 Å². The molecule has 0 atom stereocenters. The quantitative estimate of drug-likeness (QED) is 0.347. The van der Waals surface area contributed by atoms with Crippen LogP contribution >= 0.6 is 24.0 Å². The van der Waals surface area contributed by atoms with Crippen LogP contribution in [-0.2, 0) is 6.42 Å². The second kappa shape index (κ2) is 9.30. The molecule has 0 radical (unpaired) electrons. The minimum Gasteiger partial charge on any atom is -0.358 e. The minimum atomic E-state index is 0. The average molecular weight is 440 g/mol. The number of aromatic nitrogens is 1. The van der Waals surface area contributed by atoms with E-state index in [2.05, 4.69) is 58.7 Å². The highest BCUT2D eigenvalue weighted by atomic mass is 127. The van der Waals surface area contributed by atoms with Crippen molar-refractivity contribution in [1.82, 2.24) is 15.6 Å². The third-order valence-corrected chi connectivity index (χ3v) is 4.54. The van der Waals surface area contributed by atoms with Crippen molar-refractivity contribution in [2.45, 2.75) is 39.5 Å². The van der Waals surface area contributed by atoms with Gasteiger partial charge in [0.2, 0.25) is 0 Å². The maximum absolute atomic E-state index is 4.68. The summed E-state index contributed by atoms with van der Waals surface area (Å²) in [6, 6.07) is 8.53. The molecular weight excluding hydrogens is 411 g/mol. The van der Waals surface area contributed by atoms with Crippen LogP contribution in [0.15, 0.2) is 29.3 Å². The smallest absolute Gasteiger partial charge is 0.191 e. The summed E-state index contributed by atoms with van der Waals surface area (Å²) < 4.78 is 0. The first-order chi connectivity index (χ1) is 11.3. The number of aryl methyl sites for hydroxylation is 1. The van der Waals surface area contributed by atoms with Crippen LogP contribution in [0.2, 0.25) is 0 Å². The van der Waals surface area contributed by atoms with Gasteiger partial charge in [0.15, 0.2) is 5.96 Å². The molecule has 1 aromatic carbocycles. The van der Waals surface area contributed by atoms with E-state index in [1.54, 1.807) is 0 Å². The Balaban J connectivity index is 0.00000208. The van der Waals surface area contributed by atoms with Crippen molar-refractivity contribution in [2.75, 3.05) is 19.6 Å². The Hall–Kier alpha value is -1.24. The summed E-state index contributed by atoms with van der Waals surface area (Å²) in [5.41, 5.74) is 3.90. The van der Waals surface area contributed by atoms with Crippen LogP contribution in [0, 0.1) is 12.8 Å². The van der Waals surface area contributed by atoms with Crippen molar-refractivity contribution in [3.05, 3.63) is 35.5 Å². The molecule has 0 saturated heterocycles. The predicted octanol–water partition coefficient (Wildman–Crippen LogP) is 3.99. The lowest BCUT2D eigenvalue weighted by Gasteiger charge is -2.11. The molecule has 24 heavy (non-hydrogen) atoms. The highest BCUT2D eigenvalue weighted by molar-refractivity contribution is 14.0. The number of halogens is 1. The van der Waals surface area contributed by atoms with Gasteiger partial charge in [-0.1, -0.05) is 31.0 Å². The number of fused-ring (bicyclic) bond motifs is 1. The fourth-order valence-corrected chi connectivity index (χ4v) is 3.07. The van der Waals surface area contributed by atoms with Crippen molar-refractivity contribution < 1.29 is 0 Å². The number of aliphatic imine (C=N–C) groups is 1. The van der Waals surface area contributed by atoms with E-state index in [4.69, 9.17) is 0 Å². The van der Waals surface area contributed by atoms with Crippen molar-refractivity contribution in [3.8, 4) is 0 Å². The SMILES string of the molecule is CCNC(=NCCC1CC1)NCCc1c(C)[nH]c2ccccc12.I. The van der Waals surface area contributed by atoms with Gasteiger partial charge in [-0.15, -0.1) is 24.0 Å². The van der Waals surface area contributed by atoms with E-state index in [1.165, 1.54) is 41.4 Å². The van der Waals surface area contributed by atoms with Crippen molar-refractivity contribution in [1.29, 1.82) is 0 Å². The monoisotopic (exact) mass is 440 g/mol. The molecule has 1 aliphatic carbocycles. The van der Waals surface area contributed by atoms with Crippen LogP contribution in [-0.4, -0.2) is 30.6 Å². The first-order valence-electron chi connectivity index (χ1n) is 8.86. The molecule has 4 nitrogen and oxygen atoms in total. The number of guanidine groups is 1. The number of nitrogens with one attached hydrogen (secondary N) is 3. The number of para-hydroxylation sites is 1. The molecule has 0 amide bonds. The third kappa shape index (κ3) is 5.13. The molecule has 0 aliphatic heterocycles. The molecule has 3 N–H and O–H groups in total. The van der Waals surface area contributed by atoms with Gasteiger partial charge in [0.25, 0.3) is 0 Å². The lowest BCUT2D eigenvalue weighted by atomic mass is 10.1. The number of nitrogens with zero attached hydrogens (tertiary/aromatic N) is 1. The maximum atomic E-state index is 4.68. The molecule has 0 bridgehead atoms. The molecular formula is C19H29IN4. The first kappa shape index (κ1) is 19.1. The Morgan fingerprint density at radius 1 is 1.25 bits per heavy atom. The van der Waals surface area contributed by atoms with Gasteiger partial charge in [-0.25, -0.2) is 0 Å². The summed E-state index contributed by atoms with van der Waals surface area (Å²) in [4.78, 5) is 8.15. The summed E-state index contributed by atoms with van der Waals surface area (Å²) in [6.45, 7) is 7.01. The minimum absolute atomic E-state index is 0. The fraction of sp³-hybridized carbons (Fsp3) is 0.526. The zero-order chi connectivity index (χ0) is 16.1. The van der Waals surface area contributed by atoms with E-state index in [-0.39, 0.29) is 24.0 Å². The van der Waals surface area contributed by atoms with Crippen LogP contribution < -0.4 is 10.6 Å². The summed E-state index contributed by atoms with van der Waals surface area (Å²) >= 11 is 0. The Morgan fingerprint density at radius 2 is 2.04 bits per heavy atom. The van der Waals surface area contributed by atoms with E-state index < -0.39 is 0 Å². The predicted molar refractivity (Wildman–Crippen MR) is 113 cm³/mol. The van der Waals surface area contributed by atoms with Gasteiger partial charge < -0.3 is 15.6 Å². The average Bonchev–Trinajstić information content (AvgIpc) is 3.31. The van der Waals surface area contributed by atoms with Crippen LogP contribution in [0.5, 0.6) is 0 Å². The lowest BCUT2D eigenvalue weighted by Crippen LogP contribution is -2.38. The van der Waals surface area contributed by atoms with E-state index in [1.807, 2.05) is 0 Å². The normalized spacial score (nSPS) is 14.5. The number of hydrogen-bond acceptors (Lipinski definition) is 1. The summed E-state index contributed by atoms with van der Waals surface area (Å²) in [5.74, 6) is 1.89. The van der Waals surface area contributed by atoms with E-state index in [9.17, 15) is 0 Å². The Morgan fingerprint density at radius 3 is 2.79 bits per heavy atom. The molecule has 2 aromatic rings. The van der Waals surface area contributed by atoms with Gasteiger partial charge in [0.1, 0.15) is 0 Å². The molecule has 3 rings (SSSR count). The first-order valence-corrected chi connectivity index (χ1v) is 8.86. The van der Waals surface area contributed by atoms with Crippen LogP contribution in [0.1, 0.15) is 37.4 Å². The van der Waals surface area contributed by atoms with E-state index >= 15 is 0 Å². The molecule has 1 aromatic heterocycles. The zero-order valence-corrected chi connectivity index (χ0v) is 17.0. The second-order valence-corrected chi connectivity index (χ2v) is 6.44. The number of rotatable bonds is 7. The highest BCUT2D eigenvalue weighted by Crippen LogP contribution is 2.32. The molecule has 1 saturated carbocycles. The van der Waals surface area contributed by atoms with E-state index in [0.717, 1.165) is 37.9 Å². The molecule has 0 unspecified atom stereocenters. The van der Waals surface area contributed by atoms with Gasteiger partial charge in [-0.2, -0.15) is 0 Å². The number of benzene rings is 1. The van der Waals surface area contributed by atoms with Gasteiger partial charge in [-0.3, -0.25) is 4.99 Å². The topological polar surface area (TPSA) is 52.2 Å². The Kier molecular flexibility index (Phi) is 7.40. The number of H-pyrrole nitrogens is 1. The molecule has 5 heteroatoms. The van der Waals surface area contributed by atoms with Gasteiger partial charge in [-0.05, 0) is 44.2 Å². The highest BCUT2D eigenvalue weighted by Gasteiger charge is 2.20. The molecule has 132 valence electrons. The molecule has 0 spiro atoms. The molecule has 1 heterocycles. The van der Waals surface area contributed by atoms with Crippen LogP contribution in [0.4, 0.5) is 0 Å². The van der Waals surface area contributed by atoms with Gasteiger partial charge in [0, 0.05) is 36.2 Å². The van der Waals surface area contributed by atoms with Crippen molar-refractivity contribution in [3.63, 3.8) is 0 Å².